The number of amides is 1. The smallest absolute Gasteiger partial charge is 0.260 e. The largest absolute Gasteiger partial charge is 0.483 e. The summed E-state index contributed by atoms with van der Waals surface area (Å²) in [5.74, 6) is 1.55. The first-order valence-electron chi connectivity index (χ1n) is 7.27. The molecule has 20 heavy (non-hydrogen) atoms. The van der Waals surface area contributed by atoms with E-state index in [1.54, 1.807) is 0 Å². The van der Waals surface area contributed by atoms with E-state index < -0.39 is 0 Å². The van der Waals surface area contributed by atoms with Gasteiger partial charge in [0.1, 0.15) is 5.60 Å². The summed E-state index contributed by atoms with van der Waals surface area (Å²) in [6.07, 6.45) is 3.08. The number of carbonyl (C=O) groups is 1. The van der Waals surface area contributed by atoms with Crippen LogP contribution in [0.25, 0.3) is 0 Å². The van der Waals surface area contributed by atoms with Crippen molar-refractivity contribution in [3.8, 4) is 11.5 Å². The molecule has 0 aromatic heterocycles. The highest BCUT2D eigenvalue weighted by Gasteiger charge is 2.32. The predicted octanol–water partition coefficient (Wildman–Crippen LogP) is 2.40. The van der Waals surface area contributed by atoms with Crippen LogP contribution in [-0.2, 0) is 11.2 Å². The van der Waals surface area contributed by atoms with Crippen LogP contribution in [0.4, 0.5) is 0 Å². The first kappa shape index (κ1) is 13.3. The van der Waals surface area contributed by atoms with Gasteiger partial charge >= 0.3 is 0 Å². The molecule has 0 unspecified atom stereocenters. The number of hydrogen-bond donors (Lipinski definition) is 0. The van der Waals surface area contributed by atoms with Crippen molar-refractivity contribution < 1.29 is 14.3 Å². The maximum absolute atomic E-state index is 12.0. The third-order valence-corrected chi connectivity index (χ3v) is 3.86. The van der Waals surface area contributed by atoms with E-state index in [1.807, 2.05) is 17.0 Å². The second-order valence-electron chi connectivity index (χ2n) is 6.16. The topological polar surface area (TPSA) is 38.8 Å². The maximum Gasteiger partial charge on any atom is 0.260 e. The number of nitrogens with zero attached hydrogens (tertiary/aromatic N) is 1. The van der Waals surface area contributed by atoms with Gasteiger partial charge in [-0.05, 0) is 32.8 Å². The van der Waals surface area contributed by atoms with Crippen LogP contribution < -0.4 is 9.47 Å². The van der Waals surface area contributed by atoms with E-state index in [0.717, 1.165) is 43.7 Å². The predicted molar refractivity (Wildman–Crippen MR) is 76.2 cm³/mol. The molecule has 0 bridgehead atoms. The molecule has 1 fully saturated rings. The van der Waals surface area contributed by atoms with Gasteiger partial charge in [-0.2, -0.15) is 0 Å². The van der Waals surface area contributed by atoms with Gasteiger partial charge < -0.3 is 14.4 Å². The molecule has 1 saturated heterocycles. The van der Waals surface area contributed by atoms with Crippen LogP contribution in [0, 0.1) is 0 Å². The van der Waals surface area contributed by atoms with Gasteiger partial charge in [-0.15, -0.1) is 0 Å². The van der Waals surface area contributed by atoms with Crippen LogP contribution in [0.1, 0.15) is 32.3 Å². The zero-order valence-corrected chi connectivity index (χ0v) is 12.1. The first-order chi connectivity index (χ1) is 9.55. The molecule has 0 N–H and O–H groups in total. The van der Waals surface area contributed by atoms with Crippen molar-refractivity contribution in [3.63, 3.8) is 0 Å². The van der Waals surface area contributed by atoms with E-state index in [-0.39, 0.29) is 18.1 Å². The summed E-state index contributed by atoms with van der Waals surface area (Å²) in [6, 6.07) is 5.88. The maximum atomic E-state index is 12.0. The fraction of sp³-hybridized carbons (Fsp3) is 0.562. The molecule has 0 spiro atoms. The molecule has 108 valence electrons. The quantitative estimate of drug-likeness (QED) is 0.850. The molecule has 0 radical (unpaired) electrons. The second-order valence-corrected chi connectivity index (χ2v) is 6.16. The van der Waals surface area contributed by atoms with Gasteiger partial charge in [0.15, 0.2) is 18.1 Å². The van der Waals surface area contributed by atoms with E-state index in [0.29, 0.717) is 5.75 Å². The van der Waals surface area contributed by atoms with Crippen molar-refractivity contribution in [2.75, 3.05) is 19.7 Å². The molecule has 0 aliphatic carbocycles. The number of fused-ring (bicyclic) bond motifs is 1. The van der Waals surface area contributed by atoms with Gasteiger partial charge in [-0.25, -0.2) is 0 Å². The zero-order chi connectivity index (χ0) is 14.2. The van der Waals surface area contributed by atoms with Crippen LogP contribution >= 0.6 is 0 Å². The summed E-state index contributed by atoms with van der Waals surface area (Å²) < 4.78 is 11.6. The van der Waals surface area contributed by atoms with Crippen molar-refractivity contribution in [2.45, 2.75) is 38.7 Å². The van der Waals surface area contributed by atoms with E-state index in [1.165, 1.54) is 0 Å². The molecule has 0 atom stereocenters. The fourth-order valence-electron chi connectivity index (χ4n) is 2.90. The molecule has 4 nitrogen and oxygen atoms in total. The molecule has 3 rings (SSSR count). The van der Waals surface area contributed by atoms with Crippen molar-refractivity contribution >= 4 is 5.91 Å². The zero-order valence-electron chi connectivity index (χ0n) is 12.1. The summed E-state index contributed by atoms with van der Waals surface area (Å²) in [5, 5.41) is 0. The van der Waals surface area contributed by atoms with Gasteiger partial charge in [0.25, 0.3) is 5.91 Å². The Morgan fingerprint density at radius 1 is 1.35 bits per heavy atom. The summed E-state index contributed by atoms with van der Waals surface area (Å²) >= 11 is 0. The second kappa shape index (κ2) is 5.00. The molecular weight excluding hydrogens is 254 g/mol. The van der Waals surface area contributed by atoms with Crippen molar-refractivity contribution in [2.24, 2.45) is 0 Å². The third-order valence-electron chi connectivity index (χ3n) is 3.86. The van der Waals surface area contributed by atoms with Crippen LogP contribution in [0.15, 0.2) is 18.2 Å². The Hall–Kier alpha value is -1.71. The lowest BCUT2D eigenvalue weighted by Gasteiger charge is -2.19. The summed E-state index contributed by atoms with van der Waals surface area (Å²) in [7, 11) is 0. The minimum absolute atomic E-state index is 0.0670. The van der Waals surface area contributed by atoms with Crippen LogP contribution in [0.3, 0.4) is 0 Å². The average Bonchev–Trinajstić information content (AvgIpc) is 3.01. The number of hydrogen-bond acceptors (Lipinski definition) is 3. The van der Waals surface area contributed by atoms with Crippen LogP contribution in [0.2, 0.25) is 0 Å². The highest BCUT2D eigenvalue weighted by Crippen LogP contribution is 2.41. The van der Waals surface area contributed by atoms with Gasteiger partial charge in [-0.3, -0.25) is 4.79 Å². The number of para-hydroxylation sites is 1. The minimum Gasteiger partial charge on any atom is -0.483 e. The molecule has 0 saturated carbocycles. The van der Waals surface area contributed by atoms with Gasteiger partial charge in [0.05, 0.1) is 0 Å². The van der Waals surface area contributed by atoms with Crippen LogP contribution in [0.5, 0.6) is 11.5 Å². The third kappa shape index (κ3) is 2.60. The molecule has 4 heteroatoms. The Kier molecular flexibility index (Phi) is 3.32. The lowest BCUT2D eigenvalue weighted by Crippen LogP contribution is -2.32. The molecule has 2 aliphatic rings. The van der Waals surface area contributed by atoms with Crippen molar-refractivity contribution in [1.29, 1.82) is 0 Å². The molecule has 1 amide bonds. The summed E-state index contributed by atoms with van der Waals surface area (Å²) in [5.41, 5.74) is 0.960. The van der Waals surface area contributed by atoms with E-state index in [2.05, 4.69) is 19.9 Å². The van der Waals surface area contributed by atoms with Gasteiger partial charge in [-0.1, -0.05) is 12.1 Å². The number of carbonyl (C=O) groups excluding carboxylic acids is 1. The van der Waals surface area contributed by atoms with Gasteiger partial charge in [0.2, 0.25) is 0 Å². The Morgan fingerprint density at radius 2 is 2.10 bits per heavy atom. The lowest BCUT2D eigenvalue weighted by atomic mass is 10.0. The molecule has 1 aromatic carbocycles. The lowest BCUT2D eigenvalue weighted by molar-refractivity contribution is -0.132. The van der Waals surface area contributed by atoms with E-state index in [9.17, 15) is 4.79 Å². The first-order valence-corrected chi connectivity index (χ1v) is 7.27. The summed E-state index contributed by atoms with van der Waals surface area (Å²) in [6.45, 7) is 5.94. The number of likely N-dealkylation sites (tertiary alicyclic amines) is 1. The number of rotatable bonds is 3. The minimum atomic E-state index is -0.194. The average molecular weight is 275 g/mol. The monoisotopic (exact) mass is 275 g/mol. The van der Waals surface area contributed by atoms with E-state index in [4.69, 9.17) is 9.47 Å². The van der Waals surface area contributed by atoms with Crippen LogP contribution in [-0.4, -0.2) is 36.1 Å². The molecule has 2 aliphatic heterocycles. The molecule has 2 heterocycles. The highest BCUT2D eigenvalue weighted by molar-refractivity contribution is 5.78. The Labute approximate surface area is 119 Å². The fourth-order valence-corrected chi connectivity index (χ4v) is 2.90. The highest BCUT2D eigenvalue weighted by atomic mass is 16.5. The normalized spacial score (nSPS) is 19.6. The number of benzene rings is 1. The Morgan fingerprint density at radius 3 is 2.85 bits per heavy atom. The molecular formula is C16H21NO3. The standard InChI is InChI=1S/C16H21NO3/c1-16(2)10-12-6-5-7-13(15(12)20-16)19-11-14(18)17-8-3-4-9-17/h5-7H,3-4,8-11H2,1-2H3. The van der Waals surface area contributed by atoms with E-state index >= 15 is 0 Å². The summed E-state index contributed by atoms with van der Waals surface area (Å²) in [4.78, 5) is 13.9. The molecule has 1 aromatic rings. The Bertz CT molecular complexity index is 518. The SMILES string of the molecule is CC1(C)Cc2cccc(OCC(=O)N3CCCC3)c2O1. The number of ether oxygens (including phenoxy) is 2. The van der Waals surface area contributed by atoms with Gasteiger partial charge in [0, 0.05) is 25.1 Å². The Balaban J connectivity index is 1.67. The van der Waals surface area contributed by atoms with Crippen molar-refractivity contribution in [1.82, 2.24) is 4.90 Å². The van der Waals surface area contributed by atoms with Crippen molar-refractivity contribution in [3.05, 3.63) is 23.8 Å².